The molecular formula is C16H20FN5O2S. The van der Waals surface area contributed by atoms with Gasteiger partial charge in [-0.05, 0) is 41.0 Å². The standard InChI is InChI=1S/C16H20FN5O2S/c1-21(9-12-4-6-13(17)7-5-12)15(23)11-25-16-18-19-20-22(16)10-14-3-2-8-24-14/h4-7,14H,2-3,8-11H2,1H3. The highest BCUT2D eigenvalue weighted by atomic mass is 32.2. The highest BCUT2D eigenvalue weighted by Gasteiger charge is 2.20. The largest absolute Gasteiger partial charge is 0.376 e. The zero-order valence-electron chi connectivity index (χ0n) is 14.0. The van der Waals surface area contributed by atoms with E-state index in [1.54, 1.807) is 28.8 Å². The van der Waals surface area contributed by atoms with Crippen LogP contribution in [0.15, 0.2) is 29.4 Å². The zero-order valence-corrected chi connectivity index (χ0v) is 14.8. The molecule has 1 aliphatic heterocycles. The van der Waals surface area contributed by atoms with Gasteiger partial charge >= 0.3 is 0 Å². The second-order valence-corrected chi connectivity index (χ2v) is 6.89. The van der Waals surface area contributed by atoms with Crippen LogP contribution in [0.3, 0.4) is 0 Å². The van der Waals surface area contributed by atoms with Gasteiger partial charge in [0.2, 0.25) is 11.1 Å². The minimum Gasteiger partial charge on any atom is -0.376 e. The van der Waals surface area contributed by atoms with E-state index in [0.29, 0.717) is 18.2 Å². The quantitative estimate of drug-likeness (QED) is 0.696. The summed E-state index contributed by atoms with van der Waals surface area (Å²) in [5, 5.41) is 12.3. The number of tetrazole rings is 1. The van der Waals surface area contributed by atoms with E-state index in [9.17, 15) is 9.18 Å². The molecule has 0 spiro atoms. The lowest BCUT2D eigenvalue weighted by molar-refractivity contribution is -0.127. The minimum absolute atomic E-state index is 0.0407. The number of amides is 1. The smallest absolute Gasteiger partial charge is 0.233 e. The van der Waals surface area contributed by atoms with Gasteiger partial charge in [0.15, 0.2) is 0 Å². The van der Waals surface area contributed by atoms with Gasteiger partial charge in [0.1, 0.15) is 5.82 Å². The number of benzene rings is 1. The Kier molecular flexibility index (Phi) is 5.98. The summed E-state index contributed by atoms with van der Waals surface area (Å²) in [6.07, 6.45) is 2.20. The molecule has 1 atom stereocenters. The third kappa shape index (κ3) is 4.99. The molecule has 1 saturated heterocycles. The van der Waals surface area contributed by atoms with Crippen LogP contribution in [-0.4, -0.2) is 56.5 Å². The lowest BCUT2D eigenvalue weighted by Crippen LogP contribution is -2.28. The van der Waals surface area contributed by atoms with Crippen LogP contribution in [0.25, 0.3) is 0 Å². The Balaban J connectivity index is 1.50. The molecule has 0 N–H and O–H groups in total. The van der Waals surface area contributed by atoms with Crippen LogP contribution in [0.5, 0.6) is 0 Å². The van der Waals surface area contributed by atoms with Crippen LogP contribution in [0, 0.1) is 5.82 Å². The number of thioether (sulfide) groups is 1. The van der Waals surface area contributed by atoms with E-state index in [2.05, 4.69) is 15.5 Å². The molecule has 0 aliphatic carbocycles. The maximum absolute atomic E-state index is 12.9. The van der Waals surface area contributed by atoms with Crippen molar-refractivity contribution in [3.63, 3.8) is 0 Å². The van der Waals surface area contributed by atoms with Gasteiger partial charge in [-0.25, -0.2) is 9.07 Å². The monoisotopic (exact) mass is 365 g/mol. The molecule has 25 heavy (non-hydrogen) atoms. The Bertz CT molecular complexity index is 703. The van der Waals surface area contributed by atoms with Crippen molar-refractivity contribution in [1.29, 1.82) is 0 Å². The fraction of sp³-hybridized carbons (Fsp3) is 0.500. The van der Waals surface area contributed by atoms with Crippen LogP contribution in [0.1, 0.15) is 18.4 Å². The van der Waals surface area contributed by atoms with Gasteiger partial charge < -0.3 is 9.64 Å². The first kappa shape index (κ1) is 17.8. The normalized spacial score (nSPS) is 17.0. The zero-order chi connectivity index (χ0) is 17.6. The Morgan fingerprint density at radius 1 is 1.44 bits per heavy atom. The molecule has 9 heteroatoms. The van der Waals surface area contributed by atoms with Crippen LogP contribution < -0.4 is 0 Å². The number of hydrogen-bond donors (Lipinski definition) is 0. The summed E-state index contributed by atoms with van der Waals surface area (Å²) < 4.78 is 20.2. The maximum atomic E-state index is 12.9. The van der Waals surface area contributed by atoms with Crippen molar-refractivity contribution >= 4 is 17.7 Å². The highest BCUT2D eigenvalue weighted by molar-refractivity contribution is 7.99. The number of aromatic nitrogens is 4. The summed E-state index contributed by atoms with van der Waals surface area (Å²) in [7, 11) is 1.72. The van der Waals surface area contributed by atoms with Crippen molar-refractivity contribution in [2.24, 2.45) is 0 Å². The molecule has 7 nitrogen and oxygen atoms in total. The van der Waals surface area contributed by atoms with E-state index >= 15 is 0 Å². The Hall–Kier alpha value is -2.00. The number of ether oxygens (including phenoxy) is 1. The average molecular weight is 365 g/mol. The molecule has 134 valence electrons. The molecule has 1 aromatic carbocycles. The summed E-state index contributed by atoms with van der Waals surface area (Å²) in [5.41, 5.74) is 0.880. The summed E-state index contributed by atoms with van der Waals surface area (Å²) in [5.74, 6) is -0.0868. The van der Waals surface area contributed by atoms with Crippen molar-refractivity contribution < 1.29 is 13.9 Å². The summed E-state index contributed by atoms with van der Waals surface area (Å²) >= 11 is 1.31. The molecule has 1 aliphatic rings. The Morgan fingerprint density at radius 2 is 2.24 bits per heavy atom. The first-order chi connectivity index (χ1) is 12.1. The number of carbonyl (C=O) groups excluding carboxylic acids is 1. The van der Waals surface area contributed by atoms with E-state index in [-0.39, 0.29) is 23.6 Å². The molecule has 0 bridgehead atoms. The van der Waals surface area contributed by atoms with Crippen LogP contribution in [0.2, 0.25) is 0 Å². The predicted octanol–water partition coefficient (Wildman–Crippen LogP) is 1.74. The van der Waals surface area contributed by atoms with Crippen LogP contribution in [0.4, 0.5) is 4.39 Å². The number of hydrogen-bond acceptors (Lipinski definition) is 6. The van der Waals surface area contributed by atoms with Gasteiger partial charge in [-0.1, -0.05) is 23.9 Å². The molecule has 1 unspecified atom stereocenters. The number of nitrogens with zero attached hydrogens (tertiary/aromatic N) is 5. The first-order valence-electron chi connectivity index (χ1n) is 8.11. The van der Waals surface area contributed by atoms with E-state index < -0.39 is 0 Å². The van der Waals surface area contributed by atoms with Gasteiger partial charge in [-0.3, -0.25) is 4.79 Å². The maximum Gasteiger partial charge on any atom is 0.233 e. The minimum atomic E-state index is -0.286. The second-order valence-electron chi connectivity index (χ2n) is 5.94. The average Bonchev–Trinajstić information content (AvgIpc) is 3.27. The van der Waals surface area contributed by atoms with Crippen LogP contribution in [-0.2, 0) is 22.6 Å². The molecule has 2 heterocycles. The molecule has 1 amide bonds. The van der Waals surface area contributed by atoms with E-state index in [0.717, 1.165) is 25.0 Å². The number of halogens is 1. The summed E-state index contributed by atoms with van der Waals surface area (Å²) in [6, 6.07) is 6.13. The van der Waals surface area contributed by atoms with E-state index in [1.165, 1.54) is 23.9 Å². The van der Waals surface area contributed by atoms with Gasteiger partial charge in [0, 0.05) is 20.2 Å². The van der Waals surface area contributed by atoms with E-state index in [1.807, 2.05) is 0 Å². The fourth-order valence-corrected chi connectivity index (χ4v) is 3.41. The Labute approximate surface area is 149 Å². The van der Waals surface area contributed by atoms with Crippen molar-refractivity contribution in [2.45, 2.75) is 37.2 Å². The SMILES string of the molecule is CN(Cc1ccc(F)cc1)C(=O)CSc1nnnn1CC1CCCO1. The first-order valence-corrected chi connectivity index (χ1v) is 9.09. The van der Waals surface area contributed by atoms with Gasteiger partial charge in [-0.2, -0.15) is 0 Å². The molecule has 0 saturated carbocycles. The highest BCUT2D eigenvalue weighted by Crippen LogP contribution is 2.19. The molecule has 3 rings (SSSR count). The lowest BCUT2D eigenvalue weighted by atomic mass is 10.2. The Morgan fingerprint density at radius 3 is 2.96 bits per heavy atom. The van der Waals surface area contributed by atoms with Crippen molar-refractivity contribution in [1.82, 2.24) is 25.1 Å². The molecule has 1 aromatic heterocycles. The van der Waals surface area contributed by atoms with Crippen molar-refractivity contribution in [3.8, 4) is 0 Å². The summed E-state index contributed by atoms with van der Waals surface area (Å²) in [6.45, 7) is 1.82. The number of carbonyl (C=O) groups is 1. The van der Waals surface area contributed by atoms with E-state index in [4.69, 9.17) is 4.74 Å². The molecule has 0 radical (unpaired) electrons. The third-order valence-electron chi connectivity index (χ3n) is 3.98. The summed E-state index contributed by atoms with van der Waals surface area (Å²) in [4.78, 5) is 13.9. The fourth-order valence-electron chi connectivity index (χ4n) is 2.58. The van der Waals surface area contributed by atoms with Gasteiger partial charge in [0.25, 0.3) is 0 Å². The molecule has 1 fully saturated rings. The lowest BCUT2D eigenvalue weighted by Gasteiger charge is -2.17. The van der Waals surface area contributed by atoms with Gasteiger partial charge in [-0.15, -0.1) is 5.10 Å². The van der Waals surface area contributed by atoms with Crippen LogP contribution >= 0.6 is 11.8 Å². The van der Waals surface area contributed by atoms with Crippen molar-refractivity contribution in [3.05, 3.63) is 35.6 Å². The molecular weight excluding hydrogens is 345 g/mol. The molecule has 2 aromatic rings. The van der Waals surface area contributed by atoms with Gasteiger partial charge in [0.05, 0.1) is 18.4 Å². The predicted molar refractivity (Wildman–Crippen MR) is 90.4 cm³/mol. The van der Waals surface area contributed by atoms with Crippen molar-refractivity contribution in [2.75, 3.05) is 19.4 Å². The topological polar surface area (TPSA) is 73.1 Å². The third-order valence-corrected chi connectivity index (χ3v) is 4.92. The number of rotatable bonds is 7. The second kappa shape index (κ2) is 8.39.